The summed E-state index contributed by atoms with van der Waals surface area (Å²) < 4.78 is 34.6. The summed E-state index contributed by atoms with van der Waals surface area (Å²) >= 11 is 1.15. The molecule has 3 N–H and O–H groups in total. The number of hydrogen-bond acceptors (Lipinski definition) is 7. The van der Waals surface area contributed by atoms with Gasteiger partial charge in [-0.1, -0.05) is 23.5 Å². The fourth-order valence-electron chi connectivity index (χ4n) is 2.47. The highest BCUT2D eigenvalue weighted by molar-refractivity contribution is 7.89. The largest absolute Gasteiger partial charge is 0.485 e. The number of rotatable bonds is 3. The van der Waals surface area contributed by atoms with E-state index in [0.29, 0.717) is 26.8 Å². The third-order valence-corrected chi connectivity index (χ3v) is 5.56. The number of carbonyl (C=O) groups is 1. The lowest BCUT2D eigenvalue weighted by atomic mass is 10.2. The van der Waals surface area contributed by atoms with Crippen LogP contribution in [0.4, 0.5) is 5.13 Å². The van der Waals surface area contributed by atoms with Crippen LogP contribution in [0, 0.1) is 0 Å². The minimum Gasteiger partial charge on any atom is -0.485 e. The molecule has 1 atom stereocenters. The van der Waals surface area contributed by atoms with E-state index in [9.17, 15) is 13.2 Å². The van der Waals surface area contributed by atoms with E-state index in [4.69, 9.17) is 14.6 Å². The lowest BCUT2D eigenvalue weighted by Crippen LogP contribution is -2.40. The lowest BCUT2D eigenvalue weighted by Gasteiger charge is -2.25. The number of thiazole rings is 1. The minimum atomic E-state index is -3.80. The molecule has 0 fully saturated rings. The molecule has 1 aliphatic heterocycles. The van der Waals surface area contributed by atoms with Crippen molar-refractivity contribution in [1.82, 2.24) is 4.98 Å². The predicted octanol–water partition coefficient (Wildman–Crippen LogP) is 1.72. The summed E-state index contributed by atoms with van der Waals surface area (Å²) in [6.07, 6.45) is -0.808. The molecule has 0 spiro atoms. The van der Waals surface area contributed by atoms with Crippen LogP contribution in [0.25, 0.3) is 10.2 Å². The van der Waals surface area contributed by atoms with Gasteiger partial charge in [-0.15, -0.1) is 0 Å². The Morgan fingerprint density at radius 2 is 2.00 bits per heavy atom. The first-order valence-electron chi connectivity index (χ1n) is 7.53. The molecule has 0 unspecified atom stereocenters. The van der Waals surface area contributed by atoms with Gasteiger partial charge >= 0.3 is 0 Å². The second-order valence-corrected chi connectivity index (χ2v) is 8.14. The Balaban J connectivity index is 1.53. The highest BCUT2D eigenvalue weighted by Crippen LogP contribution is 2.32. The second-order valence-electron chi connectivity index (χ2n) is 5.55. The van der Waals surface area contributed by atoms with Crippen molar-refractivity contribution in [3.8, 4) is 11.5 Å². The summed E-state index contributed by atoms with van der Waals surface area (Å²) in [5.41, 5.74) is 0.559. The van der Waals surface area contributed by atoms with E-state index < -0.39 is 22.0 Å². The average molecular weight is 391 g/mol. The molecule has 10 heteroatoms. The third-order valence-electron chi connectivity index (χ3n) is 3.72. The first kappa shape index (κ1) is 16.8. The number of carbonyl (C=O) groups excluding carboxylic acids is 1. The number of primary sulfonamides is 1. The van der Waals surface area contributed by atoms with Crippen LogP contribution in [0.5, 0.6) is 11.5 Å². The molecule has 8 nitrogen and oxygen atoms in total. The number of sulfonamides is 1. The number of anilines is 1. The van der Waals surface area contributed by atoms with Crippen molar-refractivity contribution in [2.24, 2.45) is 5.14 Å². The smallest absolute Gasteiger partial charge is 0.270 e. The first-order valence-corrected chi connectivity index (χ1v) is 9.89. The van der Waals surface area contributed by atoms with E-state index in [0.717, 1.165) is 11.3 Å². The molecule has 0 aliphatic carbocycles. The van der Waals surface area contributed by atoms with Crippen LogP contribution in [0.1, 0.15) is 0 Å². The maximum Gasteiger partial charge on any atom is 0.270 e. The number of para-hydroxylation sites is 2. The van der Waals surface area contributed by atoms with Gasteiger partial charge in [-0.2, -0.15) is 0 Å². The molecule has 0 radical (unpaired) electrons. The molecule has 1 aliphatic rings. The van der Waals surface area contributed by atoms with Crippen molar-refractivity contribution in [1.29, 1.82) is 0 Å². The Labute approximate surface area is 152 Å². The Hall–Kier alpha value is -2.69. The monoisotopic (exact) mass is 391 g/mol. The predicted molar refractivity (Wildman–Crippen MR) is 96.0 cm³/mol. The van der Waals surface area contributed by atoms with Gasteiger partial charge in [0.2, 0.25) is 16.1 Å². The molecule has 4 rings (SSSR count). The molecule has 26 heavy (non-hydrogen) atoms. The normalized spacial score (nSPS) is 16.4. The second kappa shape index (κ2) is 6.24. The van der Waals surface area contributed by atoms with Gasteiger partial charge in [0.1, 0.15) is 6.61 Å². The molecule has 1 aromatic heterocycles. The molecule has 0 saturated heterocycles. The summed E-state index contributed by atoms with van der Waals surface area (Å²) in [5.74, 6) is 0.693. The quantitative estimate of drug-likeness (QED) is 0.701. The molecular formula is C16H13N3O5S2. The molecule has 0 saturated carbocycles. The highest BCUT2D eigenvalue weighted by Gasteiger charge is 2.28. The molecule has 0 bridgehead atoms. The zero-order chi connectivity index (χ0) is 18.3. The summed E-state index contributed by atoms with van der Waals surface area (Å²) in [5, 5.41) is 8.13. The first-order chi connectivity index (χ1) is 12.4. The molecule has 3 aromatic rings. The van der Waals surface area contributed by atoms with Crippen LogP contribution < -0.4 is 19.9 Å². The number of aromatic nitrogens is 1. The molecule has 134 valence electrons. The maximum atomic E-state index is 12.4. The van der Waals surface area contributed by atoms with Crippen LogP contribution >= 0.6 is 11.3 Å². The van der Waals surface area contributed by atoms with Gasteiger partial charge in [-0.3, -0.25) is 10.1 Å². The van der Waals surface area contributed by atoms with Gasteiger partial charge in [-0.05, 0) is 30.3 Å². The van der Waals surface area contributed by atoms with Crippen LogP contribution in [0.3, 0.4) is 0 Å². The van der Waals surface area contributed by atoms with Crippen LogP contribution in [0.2, 0.25) is 0 Å². The summed E-state index contributed by atoms with van der Waals surface area (Å²) in [6.45, 7) is 0.0866. The summed E-state index contributed by atoms with van der Waals surface area (Å²) in [4.78, 5) is 16.7. The van der Waals surface area contributed by atoms with Crippen molar-refractivity contribution in [3.05, 3.63) is 42.5 Å². The van der Waals surface area contributed by atoms with Gasteiger partial charge in [-0.25, -0.2) is 18.5 Å². The number of hydrogen-bond donors (Lipinski definition) is 2. The summed E-state index contributed by atoms with van der Waals surface area (Å²) in [7, 11) is -3.80. The number of benzene rings is 2. The van der Waals surface area contributed by atoms with Crippen molar-refractivity contribution in [2.45, 2.75) is 11.0 Å². The van der Waals surface area contributed by atoms with E-state index in [1.807, 2.05) is 6.07 Å². The van der Waals surface area contributed by atoms with Crippen molar-refractivity contribution in [2.75, 3.05) is 11.9 Å². The Bertz CT molecular complexity index is 1110. The van der Waals surface area contributed by atoms with Gasteiger partial charge in [0.25, 0.3) is 5.91 Å². The molecule has 2 heterocycles. The van der Waals surface area contributed by atoms with Crippen LogP contribution in [0.15, 0.2) is 47.4 Å². The maximum absolute atomic E-state index is 12.4. The number of ether oxygens (including phenoxy) is 2. The van der Waals surface area contributed by atoms with E-state index in [2.05, 4.69) is 10.3 Å². The van der Waals surface area contributed by atoms with Gasteiger partial charge < -0.3 is 9.47 Å². The zero-order valence-corrected chi connectivity index (χ0v) is 14.8. The lowest BCUT2D eigenvalue weighted by molar-refractivity contribution is -0.125. The Morgan fingerprint density at radius 1 is 1.23 bits per heavy atom. The molecule has 1 amide bonds. The average Bonchev–Trinajstić information content (AvgIpc) is 3.01. The van der Waals surface area contributed by atoms with Gasteiger partial charge in [0.15, 0.2) is 16.6 Å². The van der Waals surface area contributed by atoms with Crippen molar-refractivity contribution >= 4 is 42.6 Å². The fraction of sp³-hybridized carbons (Fsp3) is 0.125. The van der Waals surface area contributed by atoms with E-state index in [1.54, 1.807) is 18.2 Å². The fourth-order valence-corrected chi connectivity index (χ4v) is 3.99. The van der Waals surface area contributed by atoms with Crippen molar-refractivity contribution < 1.29 is 22.7 Å². The number of nitrogens with one attached hydrogen (secondary N) is 1. The van der Waals surface area contributed by atoms with E-state index in [1.165, 1.54) is 18.2 Å². The topological polar surface area (TPSA) is 121 Å². The van der Waals surface area contributed by atoms with Crippen LogP contribution in [-0.2, 0) is 14.8 Å². The standard InChI is InChI=1S/C16H13N3O5S2/c17-26(21,22)9-5-6-10-14(7-9)25-16(18-10)19-15(20)13-8-23-11-3-1-2-4-12(11)24-13/h1-7,13H,8H2,(H2,17,21,22)(H,18,19,20)/t13-/m0/s1. The van der Waals surface area contributed by atoms with E-state index >= 15 is 0 Å². The highest BCUT2D eigenvalue weighted by atomic mass is 32.2. The molecular weight excluding hydrogens is 378 g/mol. The zero-order valence-electron chi connectivity index (χ0n) is 13.2. The van der Waals surface area contributed by atoms with Gasteiger partial charge in [0, 0.05) is 0 Å². The van der Waals surface area contributed by atoms with Crippen molar-refractivity contribution in [3.63, 3.8) is 0 Å². The minimum absolute atomic E-state index is 0.00727. The Morgan fingerprint density at radius 3 is 2.77 bits per heavy atom. The number of amides is 1. The van der Waals surface area contributed by atoms with E-state index in [-0.39, 0.29) is 11.5 Å². The number of nitrogens with two attached hydrogens (primary N) is 1. The molecule has 2 aromatic carbocycles. The Kier molecular flexibility index (Phi) is 4.02. The number of nitrogens with zero attached hydrogens (tertiary/aromatic N) is 1. The number of fused-ring (bicyclic) bond motifs is 2. The van der Waals surface area contributed by atoms with Gasteiger partial charge in [0.05, 0.1) is 15.1 Å². The van der Waals surface area contributed by atoms with Crippen LogP contribution in [-0.4, -0.2) is 32.0 Å². The summed E-state index contributed by atoms with van der Waals surface area (Å²) in [6, 6.07) is 11.4. The SMILES string of the molecule is NS(=O)(=O)c1ccc2nc(NC(=O)[C@@H]3COc4ccccc4O3)sc2c1. The third kappa shape index (κ3) is 3.21.